The van der Waals surface area contributed by atoms with E-state index < -0.39 is 5.69 Å². The van der Waals surface area contributed by atoms with Crippen molar-refractivity contribution >= 4 is 22.8 Å². The van der Waals surface area contributed by atoms with Crippen LogP contribution in [0.3, 0.4) is 0 Å². The standard InChI is InChI=1S/C22H26N4O4/c1-22(11-13-23-14-12-22)30-15-5-7-16-6-3-8-17-20(16)24(2)21(29)25(17)26-18(27)9-4-10-19(26)28/h3,6,8,23H,4,9-15H2,1-2H3. The number of nitrogens with zero attached hydrogens (tertiary/aromatic N) is 3. The van der Waals surface area contributed by atoms with Crippen LogP contribution >= 0.6 is 0 Å². The Kier molecular flexibility index (Phi) is 5.50. The smallest absolute Gasteiger partial charge is 0.348 e. The Morgan fingerprint density at radius 1 is 1.13 bits per heavy atom. The molecular formula is C22H26N4O4. The Bertz CT molecular complexity index is 1100. The molecule has 0 bridgehead atoms. The molecule has 8 heteroatoms. The van der Waals surface area contributed by atoms with E-state index in [4.69, 9.17) is 4.74 Å². The second kappa shape index (κ2) is 8.09. The normalized spacial score (nSPS) is 19.1. The third-order valence-electron chi connectivity index (χ3n) is 5.88. The molecule has 2 aromatic rings. The van der Waals surface area contributed by atoms with Gasteiger partial charge in [0.25, 0.3) is 0 Å². The maximum Gasteiger partial charge on any atom is 0.348 e. The van der Waals surface area contributed by atoms with Crippen molar-refractivity contribution in [3.05, 3.63) is 34.2 Å². The zero-order valence-corrected chi connectivity index (χ0v) is 17.4. The average molecular weight is 410 g/mol. The van der Waals surface area contributed by atoms with E-state index in [1.54, 1.807) is 19.2 Å². The molecule has 158 valence electrons. The van der Waals surface area contributed by atoms with E-state index in [-0.39, 0.29) is 30.3 Å². The van der Waals surface area contributed by atoms with Gasteiger partial charge in [-0.05, 0) is 51.4 Å². The first-order valence-electron chi connectivity index (χ1n) is 10.3. The molecule has 2 aliphatic rings. The van der Waals surface area contributed by atoms with E-state index in [1.165, 1.54) is 9.24 Å². The number of hydrogen-bond donors (Lipinski definition) is 1. The zero-order valence-electron chi connectivity index (χ0n) is 17.4. The van der Waals surface area contributed by atoms with E-state index in [0.29, 0.717) is 29.6 Å². The number of carbonyl (C=O) groups is 2. The van der Waals surface area contributed by atoms with Crippen molar-refractivity contribution in [3.63, 3.8) is 0 Å². The van der Waals surface area contributed by atoms with Gasteiger partial charge in [0.05, 0.1) is 22.2 Å². The number of fused-ring (bicyclic) bond motifs is 1. The maximum atomic E-state index is 12.9. The molecule has 3 heterocycles. The van der Waals surface area contributed by atoms with Gasteiger partial charge in [-0.3, -0.25) is 14.2 Å². The predicted octanol–water partition coefficient (Wildman–Crippen LogP) is 1.03. The number of imide groups is 1. The van der Waals surface area contributed by atoms with Crippen molar-refractivity contribution < 1.29 is 14.3 Å². The number of piperidine rings is 2. The summed E-state index contributed by atoms with van der Waals surface area (Å²) in [5, 5.41) is 4.30. The number of amides is 2. The minimum atomic E-state index is -0.443. The summed E-state index contributed by atoms with van der Waals surface area (Å²) in [6.45, 7) is 4.27. The largest absolute Gasteiger partial charge is 0.363 e. The first kappa shape index (κ1) is 20.4. The molecule has 0 aliphatic carbocycles. The van der Waals surface area contributed by atoms with Gasteiger partial charge in [0, 0.05) is 19.9 Å². The highest BCUT2D eigenvalue weighted by atomic mass is 16.5. The summed E-state index contributed by atoms with van der Waals surface area (Å²) in [5.74, 6) is 5.43. The van der Waals surface area contributed by atoms with E-state index in [1.807, 2.05) is 6.07 Å². The lowest BCUT2D eigenvalue weighted by atomic mass is 9.95. The fraction of sp³-hybridized carbons (Fsp3) is 0.500. The first-order chi connectivity index (χ1) is 14.4. The molecule has 30 heavy (non-hydrogen) atoms. The van der Waals surface area contributed by atoms with Crippen LogP contribution in [0, 0.1) is 11.8 Å². The summed E-state index contributed by atoms with van der Waals surface area (Å²) in [7, 11) is 1.62. The second-order valence-corrected chi connectivity index (χ2v) is 8.07. The number of carbonyl (C=O) groups excluding carboxylic acids is 2. The number of hydrogen-bond acceptors (Lipinski definition) is 5. The molecule has 4 rings (SSSR count). The van der Waals surface area contributed by atoms with Gasteiger partial charge >= 0.3 is 5.69 Å². The topological polar surface area (TPSA) is 85.6 Å². The molecule has 0 spiro atoms. The number of nitrogens with one attached hydrogen (secondary N) is 1. The molecule has 1 N–H and O–H groups in total. The van der Waals surface area contributed by atoms with Crippen LogP contribution in [0.5, 0.6) is 0 Å². The van der Waals surface area contributed by atoms with Crippen molar-refractivity contribution in [2.45, 2.75) is 44.6 Å². The molecule has 8 nitrogen and oxygen atoms in total. The van der Waals surface area contributed by atoms with Crippen LogP contribution in [-0.2, 0) is 21.4 Å². The van der Waals surface area contributed by atoms with Crippen LogP contribution < -0.4 is 16.0 Å². The predicted molar refractivity (Wildman–Crippen MR) is 113 cm³/mol. The van der Waals surface area contributed by atoms with Gasteiger partial charge in [-0.25, -0.2) is 4.79 Å². The average Bonchev–Trinajstić information content (AvgIpc) is 2.97. The molecular weight excluding hydrogens is 384 g/mol. The molecule has 2 amide bonds. The molecule has 2 aliphatic heterocycles. The molecule has 2 fully saturated rings. The lowest BCUT2D eigenvalue weighted by Crippen LogP contribution is -2.52. The van der Waals surface area contributed by atoms with Gasteiger partial charge < -0.3 is 10.1 Å². The second-order valence-electron chi connectivity index (χ2n) is 8.07. The third-order valence-corrected chi connectivity index (χ3v) is 5.88. The lowest BCUT2D eigenvalue weighted by molar-refractivity contribution is -0.131. The van der Waals surface area contributed by atoms with Gasteiger partial charge in [0.1, 0.15) is 6.61 Å². The van der Waals surface area contributed by atoms with Crippen molar-refractivity contribution in [2.75, 3.05) is 24.7 Å². The number of para-hydroxylation sites is 1. The Hall–Kier alpha value is -2.89. The minimum Gasteiger partial charge on any atom is -0.363 e. The summed E-state index contributed by atoms with van der Waals surface area (Å²) < 4.78 is 8.61. The van der Waals surface area contributed by atoms with E-state index in [9.17, 15) is 14.4 Å². The Labute approximate surface area is 174 Å². The summed E-state index contributed by atoms with van der Waals surface area (Å²) >= 11 is 0. The van der Waals surface area contributed by atoms with Crippen LogP contribution in [0.4, 0.5) is 0 Å². The summed E-state index contributed by atoms with van der Waals surface area (Å²) in [4.78, 5) is 37.7. The Morgan fingerprint density at radius 3 is 2.53 bits per heavy atom. The maximum absolute atomic E-state index is 12.9. The van der Waals surface area contributed by atoms with Gasteiger partial charge in [0.2, 0.25) is 11.8 Å². The highest BCUT2D eigenvalue weighted by molar-refractivity contribution is 6.11. The molecule has 1 aromatic heterocycles. The molecule has 0 atom stereocenters. The van der Waals surface area contributed by atoms with Gasteiger partial charge in [-0.1, -0.05) is 17.9 Å². The van der Waals surface area contributed by atoms with E-state index in [2.05, 4.69) is 24.1 Å². The number of ether oxygens (including phenoxy) is 1. The van der Waals surface area contributed by atoms with Gasteiger partial charge in [0.15, 0.2) is 0 Å². The zero-order chi connectivity index (χ0) is 21.3. The van der Waals surface area contributed by atoms with E-state index in [0.717, 1.165) is 30.9 Å². The SMILES string of the molecule is Cn1c(=O)n(N2C(=O)CCCC2=O)c2cccc(C#CCOC3(C)CCNCC3)c21. The van der Waals surface area contributed by atoms with Crippen LogP contribution in [0.15, 0.2) is 23.0 Å². The fourth-order valence-corrected chi connectivity index (χ4v) is 4.10. The first-order valence-corrected chi connectivity index (χ1v) is 10.3. The summed E-state index contributed by atoms with van der Waals surface area (Å²) in [6, 6.07) is 5.32. The number of imidazole rings is 1. The fourth-order valence-electron chi connectivity index (χ4n) is 4.10. The van der Waals surface area contributed by atoms with Gasteiger partial charge in [-0.2, -0.15) is 9.69 Å². The van der Waals surface area contributed by atoms with Crippen molar-refractivity contribution in [1.82, 2.24) is 14.6 Å². The summed E-state index contributed by atoms with van der Waals surface area (Å²) in [5.41, 5.74) is 1.12. The van der Waals surface area contributed by atoms with E-state index >= 15 is 0 Å². The Morgan fingerprint density at radius 2 is 1.83 bits per heavy atom. The number of aromatic nitrogens is 2. The molecule has 1 aromatic carbocycles. The molecule has 0 radical (unpaired) electrons. The lowest BCUT2D eigenvalue weighted by Gasteiger charge is -2.33. The van der Waals surface area contributed by atoms with Crippen molar-refractivity contribution in [1.29, 1.82) is 0 Å². The number of aryl methyl sites for hydroxylation is 1. The van der Waals surface area contributed by atoms with Crippen LogP contribution in [-0.4, -0.2) is 46.4 Å². The van der Waals surface area contributed by atoms with Crippen LogP contribution in [0.2, 0.25) is 0 Å². The number of rotatable bonds is 3. The minimum absolute atomic E-state index is 0.170. The summed E-state index contributed by atoms with van der Waals surface area (Å²) in [6.07, 6.45) is 2.90. The van der Waals surface area contributed by atoms with Crippen molar-refractivity contribution in [2.24, 2.45) is 7.05 Å². The highest BCUT2D eigenvalue weighted by Gasteiger charge is 2.31. The third kappa shape index (κ3) is 3.66. The molecule has 0 saturated carbocycles. The Balaban J connectivity index is 1.66. The monoisotopic (exact) mass is 410 g/mol. The highest BCUT2D eigenvalue weighted by Crippen LogP contribution is 2.22. The number of benzene rings is 1. The van der Waals surface area contributed by atoms with Crippen molar-refractivity contribution in [3.8, 4) is 11.8 Å². The molecule has 2 saturated heterocycles. The quantitative estimate of drug-likeness (QED) is 0.603. The molecule has 0 unspecified atom stereocenters. The van der Waals surface area contributed by atoms with Crippen LogP contribution in [0.25, 0.3) is 11.0 Å². The van der Waals surface area contributed by atoms with Gasteiger partial charge in [-0.15, -0.1) is 0 Å². The van der Waals surface area contributed by atoms with Crippen LogP contribution in [0.1, 0.15) is 44.6 Å².